The first kappa shape index (κ1) is 88.4. The summed E-state index contributed by atoms with van der Waals surface area (Å²) in [5.41, 5.74) is 8.75. The number of carbonyl (C=O) groups excluding carboxylic acids is 12. The molecule has 0 spiro atoms. The fourth-order valence-electron chi connectivity index (χ4n) is 11.5. The second kappa shape index (κ2) is 41.1. The van der Waals surface area contributed by atoms with E-state index < -0.39 is 86.2 Å². The number of likely N-dealkylation sites (N-methyl/N-ethyl adjacent to an activating group) is 2. The van der Waals surface area contributed by atoms with Crippen molar-refractivity contribution in [3.8, 4) is 0 Å². The van der Waals surface area contributed by atoms with Crippen molar-refractivity contribution in [3.63, 3.8) is 0 Å². The summed E-state index contributed by atoms with van der Waals surface area (Å²) in [7, 11) is 4.63. The molecule has 590 valence electrons. The highest BCUT2D eigenvalue weighted by atomic mass is 35.5. The van der Waals surface area contributed by atoms with E-state index in [0.717, 1.165) is 28.7 Å². The van der Waals surface area contributed by atoms with Crippen LogP contribution >= 0.6 is 116 Å². The smallest absolute Gasteiger partial charge is 0.356 e. The van der Waals surface area contributed by atoms with E-state index in [2.05, 4.69) is 36.1 Å². The zero-order chi connectivity index (χ0) is 81.1. The van der Waals surface area contributed by atoms with E-state index in [1.54, 1.807) is 62.6 Å². The van der Waals surface area contributed by atoms with E-state index in [1.165, 1.54) is 83.4 Å². The van der Waals surface area contributed by atoms with Crippen LogP contribution in [0.3, 0.4) is 0 Å². The van der Waals surface area contributed by atoms with Gasteiger partial charge in [-0.2, -0.15) is 0 Å². The van der Waals surface area contributed by atoms with Crippen molar-refractivity contribution in [1.29, 1.82) is 0 Å². The van der Waals surface area contributed by atoms with Crippen LogP contribution in [0.5, 0.6) is 0 Å². The Labute approximate surface area is 684 Å². The number of β-lactam (4-membered cyclic amide) rings is 4. The summed E-state index contributed by atoms with van der Waals surface area (Å²) in [4.78, 5) is 150. The van der Waals surface area contributed by atoms with Gasteiger partial charge in [0.05, 0.1) is 72.2 Å². The van der Waals surface area contributed by atoms with E-state index >= 15 is 0 Å². The van der Waals surface area contributed by atoms with Gasteiger partial charge in [0.1, 0.15) is 80.5 Å². The molecule has 7 amide bonds. The maximum Gasteiger partial charge on any atom is 0.356 e. The van der Waals surface area contributed by atoms with E-state index in [0.29, 0.717) is 38.6 Å². The van der Waals surface area contributed by atoms with Crippen molar-refractivity contribution in [2.24, 2.45) is 5.73 Å². The van der Waals surface area contributed by atoms with Crippen molar-refractivity contribution in [2.45, 2.75) is 75.5 Å². The van der Waals surface area contributed by atoms with Gasteiger partial charge in [-0.05, 0) is 60.1 Å². The molecule has 7 heterocycles. The fourth-order valence-corrected chi connectivity index (χ4v) is 20.1. The van der Waals surface area contributed by atoms with Crippen LogP contribution in [-0.2, 0) is 98.2 Å². The lowest BCUT2D eigenvalue weighted by Gasteiger charge is -2.49. The van der Waals surface area contributed by atoms with Gasteiger partial charge in [0, 0.05) is 28.1 Å². The fraction of sp³-hybridized carbons (Fsp3) is 0.306. The molecular formula is C72H72Cl6N10O18S5. The maximum atomic E-state index is 13.0. The second-order valence-electron chi connectivity index (χ2n) is 23.8. The largest absolute Gasteiger partial charge is 0.464 e. The van der Waals surface area contributed by atoms with E-state index in [-0.39, 0.29) is 112 Å². The van der Waals surface area contributed by atoms with Crippen LogP contribution in [0.25, 0.3) is 0 Å². The number of carbonyl (C=O) groups is 12. The van der Waals surface area contributed by atoms with Gasteiger partial charge in [0.15, 0.2) is 0 Å². The maximum absolute atomic E-state index is 13.0. The molecule has 10 unspecified atom stereocenters. The number of allylic oxidation sites excluding steroid dienone is 1. The molecular weight excluding hydrogens is 1670 g/mol. The summed E-state index contributed by atoms with van der Waals surface area (Å²) in [5.74, 6) is -4.69. The van der Waals surface area contributed by atoms with Gasteiger partial charge >= 0.3 is 23.9 Å². The number of likely N-dealkylation sites (tertiary alicyclic amines) is 1. The van der Waals surface area contributed by atoms with Crippen LogP contribution in [0.1, 0.15) is 34.3 Å². The molecule has 7 N–H and O–H groups in total. The molecule has 0 aliphatic carbocycles. The number of benzene rings is 5. The molecule has 5 aromatic rings. The van der Waals surface area contributed by atoms with Gasteiger partial charge in [-0.1, -0.05) is 186 Å². The monoisotopic (exact) mass is 1730 g/mol. The molecule has 111 heavy (non-hydrogen) atoms. The Balaban J connectivity index is 0.000000181. The highest BCUT2D eigenvalue weighted by Crippen LogP contribution is 2.45. The van der Waals surface area contributed by atoms with E-state index in [9.17, 15) is 66.0 Å². The quantitative estimate of drug-likeness (QED) is 0.00802. The first-order valence-corrected chi connectivity index (χ1v) is 41.4. The van der Waals surface area contributed by atoms with Gasteiger partial charge in [0.25, 0.3) is 17.7 Å². The zero-order valence-electron chi connectivity index (χ0n) is 59.5. The number of nitrogens with two attached hydrogens (primary N) is 1. The van der Waals surface area contributed by atoms with Crippen molar-refractivity contribution in [3.05, 3.63) is 217 Å². The molecule has 12 rings (SSSR count). The Bertz CT molecular complexity index is 4590. The molecule has 7 aliphatic rings. The molecule has 4 saturated heterocycles. The Hall–Kier alpha value is -8.13. The summed E-state index contributed by atoms with van der Waals surface area (Å²) in [5, 5.41) is 12.1. The molecule has 39 heteroatoms. The summed E-state index contributed by atoms with van der Waals surface area (Å²) in [6.45, 7) is 0. The van der Waals surface area contributed by atoms with Gasteiger partial charge in [-0.25, -0.2) is 27.6 Å². The SMILES string of the molecule is CNC(C(=O)Cl)c1ccccc1.CNC(C(=O)NC1C(=O)N2C(C(=O)OC)=C(Cl)CSC12)c1ccccc1.COC(=O)/C(=C(\Cl)CCl)N1C(=O)C(NC(=O)Cc2ccccc2)C1SS(=O)(=O)c1ccccc1.COC(=O)C1=C(Cl)CSC2C(N)C(=O)N12.COC(=O)C1=C(Cl)CSC2C(NC(=O)Cc3ccccc3)C(=O)N12. The number of amides is 7. The number of halogens is 6. The van der Waals surface area contributed by atoms with Crippen LogP contribution in [0, 0.1) is 0 Å². The first-order valence-electron chi connectivity index (χ1n) is 33.0. The van der Waals surface area contributed by atoms with Crippen molar-refractivity contribution in [1.82, 2.24) is 46.2 Å². The minimum absolute atomic E-state index is 0.000647. The molecule has 0 bridgehead atoms. The lowest BCUT2D eigenvalue weighted by atomic mass is 10.0. The third kappa shape index (κ3) is 21.0. The Morgan fingerprint density at radius 1 is 0.514 bits per heavy atom. The second-order valence-corrected chi connectivity index (χ2v) is 33.5. The minimum atomic E-state index is -3.98. The number of rotatable bonds is 22. The standard InChI is InChI=1S/C22H20Cl2N2O6S2.C17H18ClN3O4S.C16H15ClN2O4S.C9H10ClNO.C8H9ClN2O3S/c1-32-22(29)19(16(24)13-23)26-20(28)18(25-17(27)12-14-8-4-2-5-9-14)21(26)33-34(30,31)15-10-6-3-7-11-15;1-19-11(9-6-4-3-5-7-9)14(22)20-12-15(23)21-13(17(24)25-2)10(18)8-26-16(12)21;1-23-16(22)13-10(17)8-24-15-12(14(21)19(13)15)18-11(20)7-9-5-3-2-4-6-9;1-11-8(9(10)12)7-5-3-2-4-6-7;1-14-8(13)5-3(9)2-15-7-4(10)6(12)11(5)7/h2-11,18,21H,12-13H2,1H3,(H,25,27);3-7,11-12,16,19H,8H2,1-2H3,(H,20,22);2-6,12,15H,7-8H2,1H3,(H,18,20);2-6,8,11H,1H3;4,7H,2,10H2,1H3/b19-16+;;;;. The van der Waals surface area contributed by atoms with Gasteiger partial charge < -0.3 is 51.3 Å². The lowest BCUT2D eigenvalue weighted by Crippen LogP contribution is -2.71. The summed E-state index contributed by atoms with van der Waals surface area (Å²) >= 11 is 39.5. The summed E-state index contributed by atoms with van der Waals surface area (Å²) in [6, 6.07) is 40.2. The topological polar surface area (TPSA) is 375 Å². The van der Waals surface area contributed by atoms with Crippen LogP contribution in [0.2, 0.25) is 0 Å². The number of methoxy groups -OCH3 is 4. The number of fused-ring (bicyclic) bond motifs is 3. The zero-order valence-corrected chi connectivity index (χ0v) is 68.1. The van der Waals surface area contributed by atoms with Gasteiger partial charge in [-0.3, -0.25) is 58.0 Å². The number of ether oxygens (including phenoxy) is 4. The molecule has 10 atom stereocenters. The van der Waals surface area contributed by atoms with Crippen LogP contribution < -0.4 is 32.3 Å². The number of hydrogen-bond donors (Lipinski definition) is 6. The van der Waals surface area contributed by atoms with E-state index in [4.69, 9.17) is 84.8 Å². The lowest BCUT2D eigenvalue weighted by molar-refractivity contribution is -0.151. The molecule has 0 radical (unpaired) electrons. The predicted molar refractivity (Wildman–Crippen MR) is 423 cm³/mol. The third-order valence-corrected chi connectivity index (χ3v) is 26.8. The van der Waals surface area contributed by atoms with Crippen molar-refractivity contribution >= 4 is 195 Å². The number of hydrogen-bond acceptors (Lipinski definition) is 25. The molecule has 0 aromatic heterocycles. The third-order valence-electron chi connectivity index (χ3n) is 16.9. The average Bonchev–Trinajstić information content (AvgIpc) is 0.754. The number of thioether (sulfide) groups is 3. The number of nitrogens with zero attached hydrogens (tertiary/aromatic N) is 4. The van der Waals surface area contributed by atoms with Crippen LogP contribution in [-0.4, -0.2) is 210 Å². The highest BCUT2D eigenvalue weighted by molar-refractivity contribution is 8.72. The Morgan fingerprint density at radius 2 is 0.883 bits per heavy atom. The van der Waals surface area contributed by atoms with Gasteiger partial charge in [0.2, 0.25) is 37.7 Å². The molecule has 5 aromatic carbocycles. The average molecular weight is 1740 g/mol. The van der Waals surface area contributed by atoms with Crippen LogP contribution in [0.15, 0.2) is 199 Å². The van der Waals surface area contributed by atoms with Crippen molar-refractivity contribution < 1.29 is 84.9 Å². The normalized spacial score (nSPS) is 21.3. The van der Waals surface area contributed by atoms with Crippen LogP contribution in [0.4, 0.5) is 0 Å². The Kier molecular flexibility index (Phi) is 32.7. The molecule has 0 saturated carbocycles. The summed E-state index contributed by atoms with van der Waals surface area (Å²) in [6.07, 6.45) is 0.179. The van der Waals surface area contributed by atoms with E-state index in [1.807, 2.05) is 91.0 Å². The minimum Gasteiger partial charge on any atom is -0.464 e. The number of alkyl halides is 1. The highest BCUT2D eigenvalue weighted by Gasteiger charge is 2.58. The molecule has 4 fully saturated rings. The van der Waals surface area contributed by atoms with Gasteiger partial charge in [-0.15, -0.1) is 46.9 Å². The molecule has 7 aliphatic heterocycles. The predicted octanol–water partition coefficient (Wildman–Crippen LogP) is 6.65. The summed E-state index contributed by atoms with van der Waals surface area (Å²) < 4.78 is 44.7. The number of nitrogens with one attached hydrogen (secondary N) is 5. The Morgan fingerprint density at radius 3 is 1.27 bits per heavy atom. The first-order chi connectivity index (χ1) is 53.0. The van der Waals surface area contributed by atoms with Crippen molar-refractivity contribution in [2.75, 3.05) is 65.7 Å². The number of esters is 4. The molecule has 28 nitrogen and oxygen atoms in total.